The monoisotopic (exact) mass is 378 g/mol. The van der Waals surface area contributed by atoms with Crippen molar-refractivity contribution in [2.45, 2.75) is 18.9 Å². The van der Waals surface area contributed by atoms with Crippen molar-refractivity contribution in [1.29, 1.82) is 0 Å². The maximum Gasteiger partial charge on any atom is 0.291 e. The van der Waals surface area contributed by atoms with E-state index in [4.69, 9.17) is 9.15 Å². The Morgan fingerprint density at radius 3 is 2.74 bits per heavy atom. The van der Waals surface area contributed by atoms with Crippen molar-refractivity contribution in [3.8, 4) is 0 Å². The van der Waals surface area contributed by atoms with E-state index in [0.717, 1.165) is 37.3 Å². The van der Waals surface area contributed by atoms with Crippen molar-refractivity contribution >= 4 is 33.2 Å². The summed E-state index contributed by atoms with van der Waals surface area (Å²) < 4.78 is 11.2. The van der Waals surface area contributed by atoms with Gasteiger partial charge in [-0.2, -0.15) is 0 Å². The molecule has 5 nitrogen and oxygen atoms in total. The Morgan fingerprint density at radius 1 is 1.30 bits per heavy atom. The van der Waals surface area contributed by atoms with E-state index in [1.807, 2.05) is 24.3 Å². The molecule has 1 aliphatic heterocycles. The lowest BCUT2D eigenvalue weighted by Crippen LogP contribution is -2.39. The summed E-state index contributed by atoms with van der Waals surface area (Å²) in [6, 6.07) is 11.2. The molecule has 1 saturated heterocycles. The number of nitrogens with one attached hydrogen (secondary N) is 1. The van der Waals surface area contributed by atoms with E-state index in [2.05, 4.69) is 26.1 Å². The molecule has 3 rings (SSSR count). The molecule has 1 aromatic carbocycles. The van der Waals surface area contributed by atoms with Crippen LogP contribution < -0.4 is 10.2 Å². The molecule has 1 N–H and O–H groups in total. The Bertz CT molecular complexity index is 669. The second kappa shape index (κ2) is 7.19. The molecule has 0 saturated carbocycles. The highest BCUT2D eigenvalue weighted by Crippen LogP contribution is 2.23. The number of hydrogen-bond acceptors (Lipinski definition) is 4. The van der Waals surface area contributed by atoms with E-state index < -0.39 is 0 Å². The zero-order valence-corrected chi connectivity index (χ0v) is 14.5. The third-order valence-corrected chi connectivity index (χ3v) is 4.43. The van der Waals surface area contributed by atoms with Crippen LogP contribution in [0.15, 0.2) is 45.5 Å². The molecule has 2 heterocycles. The van der Waals surface area contributed by atoms with Crippen LogP contribution in [0.5, 0.6) is 0 Å². The fraction of sp³-hybridized carbons (Fsp3) is 0.353. The predicted octanol–water partition coefficient (Wildman–Crippen LogP) is 3.91. The van der Waals surface area contributed by atoms with Crippen molar-refractivity contribution in [3.05, 3.63) is 46.8 Å². The summed E-state index contributed by atoms with van der Waals surface area (Å²) in [5.41, 5.74) is 1.89. The number of nitrogens with zero attached hydrogens (tertiary/aromatic N) is 1. The molecule has 2 aromatic rings. The number of hydrogen-bond donors (Lipinski definition) is 1. The van der Waals surface area contributed by atoms with Gasteiger partial charge in [-0.05, 0) is 65.2 Å². The molecular formula is C17H19BrN2O3. The molecule has 1 fully saturated rings. The van der Waals surface area contributed by atoms with Gasteiger partial charge in [0.05, 0.1) is 6.10 Å². The number of methoxy groups -OCH3 is 1. The van der Waals surface area contributed by atoms with E-state index in [9.17, 15) is 4.79 Å². The van der Waals surface area contributed by atoms with Gasteiger partial charge in [0.2, 0.25) is 0 Å². The van der Waals surface area contributed by atoms with Crippen LogP contribution in [0.1, 0.15) is 23.4 Å². The smallest absolute Gasteiger partial charge is 0.291 e. The number of halogens is 1. The largest absolute Gasteiger partial charge is 0.444 e. The van der Waals surface area contributed by atoms with E-state index in [1.165, 1.54) is 0 Å². The molecule has 1 amide bonds. The van der Waals surface area contributed by atoms with Crippen molar-refractivity contribution in [2.75, 3.05) is 30.4 Å². The normalized spacial score (nSPS) is 18.0. The van der Waals surface area contributed by atoms with Gasteiger partial charge in [-0.3, -0.25) is 4.79 Å². The summed E-state index contributed by atoms with van der Waals surface area (Å²) in [5.74, 6) is 0.0146. The Labute approximate surface area is 143 Å². The van der Waals surface area contributed by atoms with Gasteiger partial charge in [-0.1, -0.05) is 0 Å². The van der Waals surface area contributed by atoms with E-state index in [-0.39, 0.29) is 11.7 Å². The topological polar surface area (TPSA) is 54.7 Å². The molecule has 0 aliphatic carbocycles. The predicted molar refractivity (Wildman–Crippen MR) is 93.0 cm³/mol. The average Bonchev–Trinajstić information content (AvgIpc) is 3.02. The van der Waals surface area contributed by atoms with Crippen LogP contribution >= 0.6 is 15.9 Å². The number of rotatable bonds is 4. The van der Waals surface area contributed by atoms with Crippen LogP contribution in [0.4, 0.5) is 11.4 Å². The molecule has 0 radical (unpaired) electrons. The Morgan fingerprint density at radius 2 is 2.09 bits per heavy atom. The highest BCUT2D eigenvalue weighted by atomic mass is 79.9. The van der Waals surface area contributed by atoms with Crippen LogP contribution in [0.25, 0.3) is 0 Å². The van der Waals surface area contributed by atoms with E-state index in [0.29, 0.717) is 10.8 Å². The number of ether oxygens (including phenoxy) is 1. The SMILES string of the molecule is COC1CCCN(c2ccc(NC(=O)c3ccc(Br)o3)cc2)C1. The Balaban J connectivity index is 1.64. The summed E-state index contributed by atoms with van der Waals surface area (Å²) in [6.07, 6.45) is 2.53. The molecule has 0 spiro atoms. The number of benzene rings is 1. The lowest BCUT2D eigenvalue weighted by molar-refractivity contribution is 0.0893. The quantitative estimate of drug-likeness (QED) is 0.875. The van der Waals surface area contributed by atoms with Gasteiger partial charge >= 0.3 is 0 Å². The van der Waals surface area contributed by atoms with Crippen molar-refractivity contribution in [3.63, 3.8) is 0 Å². The Hall–Kier alpha value is -1.79. The molecule has 1 aromatic heterocycles. The van der Waals surface area contributed by atoms with Gasteiger partial charge in [0, 0.05) is 31.6 Å². The van der Waals surface area contributed by atoms with Gasteiger partial charge < -0.3 is 19.4 Å². The summed E-state index contributed by atoms with van der Waals surface area (Å²) in [4.78, 5) is 14.4. The number of anilines is 2. The number of carbonyl (C=O) groups excluding carboxylic acids is 1. The van der Waals surface area contributed by atoms with Gasteiger partial charge in [0.25, 0.3) is 5.91 Å². The maximum absolute atomic E-state index is 12.0. The first kappa shape index (κ1) is 16.1. The maximum atomic E-state index is 12.0. The first-order chi connectivity index (χ1) is 11.2. The summed E-state index contributed by atoms with van der Waals surface area (Å²) in [6.45, 7) is 1.94. The van der Waals surface area contributed by atoms with Gasteiger partial charge in [-0.25, -0.2) is 0 Å². The van der Waals surface area contributed by atoms with Crippen LogP contribution in [-0.2, 0) is 4.74 Å². The third kappa shape index (κ3) is 3.95. The minimum absolute atomic E-state index is 0.263. The molecular weight excluding hydrogens is 360 g/mol. The zero-order valence-electron chi connectivity index (χ0n) is 12.9. The lowest BCUT2D eigenvalue weighted by atomic mass is 10.1. The number of amides is 1. The second-order valence-electron chi connectivity index (χ2n) is 5.55. The molecule has 1 aliphatic rings. The molecule has 0 bridgehead atoms. The van der Waals surface area contributed by atoms with Gasteiger partial charge in [-0.15, -0.1) is 0 Å². The van der Waals surface area contributed by atoms with Crippen molar-refractivity contribution in [2.24, 2.45) is 0 Å². The molecule has 122 valence electrons. The van der Waals surface area contributed by atoms with Crippen LogP contribution in [0.2, 0.25) is 0 Å². The number of carbonyl (C=O) groups is 1. The Kier molecular flexibility index (Phi) is 5.03. The fourth-order valence-electron chi connectivity index (χ4n) is 2.75. The molecule has 1 atom stereocenters. The molecule has 6 heteroatoms. The second-order valence-corrected chi connectivity index (χ2v) is 6.33. The number of furan rings is 1. The van der Waals surface area contributed by atoms with E-state index in [1.54, 1.807) is 19.2 Å². The van der Waals surface area contributed by atoms with Gasteiger partial charge in [0.1, 0.15) is 0 Å². The molecule has 1 unspecified atom stereocenters. The lowest BCUT2D eigenvalue weighted by Gasteiger charge is -2.33. The van der Waals surface area contributed by atoms with Crippen LogP contribution in [-0.4, -0.2) is 32.2 Å². The molecule has 23 heavy (non-hydrogen) atoms. The minimum atomic E-state index is -0.263. The summed E-state index contributed by atoms with van der Waals surface area (Å²) in [5, 5.41) is 2.82. The van der Waals surface area contributed by atoms with Crippen LogP contribution in [0, 0.1) is 0 Å². The highest BCUT2D eigenvalue weighted by Gasteiger charge is 2.19. The van der Waals surface area contributed by atoms with Crippen LogP contribution in [0.3, 0.4) is 0 Å². The van der Waals surface area contributed by atoms with Crippen molar-refractivity contribution < 1.29 is 13.9 Å². The highest BCUT2D eigenvalue weighted by molar-refractivity contribution is 9.10. The minimum Gasteiger partial charge on any atom is -0.444 e. The third-order valence-electron chi connectivity index (χ3n) is 4.00. The first-order valence-corrected chi connectivity index (χ1v) is 8.39. The standard InChI is InChI=1S/C17H19BrN2O3/c1-22-14-3-2-10-20(11-14)13-6-4-12(5-7-13)19-17(21)15-8-9-16(18)23-15/h4-9,14H,2-3,10-11H2,1H3,(H,19,21). The van der Waals surface area contributed by atoms with Gasteiger partial charge in [0.15, 0.2) is 10.4 Å². The van der Waals surface area contributed by atoms with Crippen molar-refractivity contribution in [1.82, 2.24) is 0 Å². The average molecular weight is 379 g/mol. The number of piperidine rings is 1. The zero-order chi connectivity index (χ0) is 16.2. The summed E-state index contributed by atoms with van der Waals surface area (Å²) >= 11 is 3.19. The van der Waals surface area contributed by atoms with E-state index >= 15 is 0 Å². The summed E-state index contributed by atoms with van der Waals surface area (Å²) in [7, 11) is 1.76. The fourth-order valence-corrected chi connectivity index (χ4v) is 3.06. The first-order valence-electron chi connectivity index (χ1n) is 7.60.